The van der Waals surface area contributed by atoms with Crippen molar-refractivity contribution in [2.24, 2.45) is 0 Å². The number of carbonyl (C=O) groups excluding carboxylic acids is 1. The molecule has 1 unspecified atom stereocenters. The molecular formula is C18H27NO5S. The molecule has 1 aliphatic rings. The summed E-state index contributed by atoms with van der Waals surface area (Å²) in [6.45, 7) is 2.00. The number of hydrogen-bond donors (Lipinski definition) is 3. The first-order valence-corrected chi connectivity index (χ1v) is 10.2. The van der Waals surface area contributed by atoms with E-state index < -0.39 is 27.5 Å². The fourth-order valence-corrected chi connectivity index (χ4v) is 4.20. The van der Waals surface area contributed by atoms with E-state index in [4.69, 9.17) is 0 Å². The van der Waals surface area contributed by atoms with Gasteiger partial charge in [0.2, 0.25) is 10.0 Å². The zero-order valence-electron chi connectivity index (χ0n) is 14.6. The summed E-state index contributed by atoms with van der Waals surface area (Å²) in [5.74, 6) is -0.534. The third-order valence-electron chi connectivity index (χ3n) is 4.72. The number of rotatable bonds is 8. The van der Waals surface area contributed by atoms with E-state index in [1.165, 1.54) is 12.1 Å². The Balaban J connectivity index is 1.80. The topological polar surface area (TPSA) is 104 Å². The number of aliphatic hydroxyl groups excluding tert-OH is 1. The lowest BCUT2D eigenvalue weighted by molar-refractivity contribution is -0.149. The lowest BCUT2D eigenvalue weighted by Gasteiger charge is -2.32. The van der Waals surface area contributed by atoms with Gasteiger partial charge in [-0.1, -0.05) is 37.0 Å². The third-order valence-corrected chi connectivity index (χ3v) is 6.20. The molecule has 0 radical (unpaired) electrons. The van der Waals surface area contributed by atoms with Gasteiger partial charge in [0, 0.05) is 6.54 Å². The second kappa shape index (κ2) is 8.40. The molecule has 1 aromatic rings. The predicted molar refractivity (Wildman–Crippen MR) is 94.7 cm³/mol. The quantitative estimate of drug-likeness (QED) is 0.605. The first kappa shape index (κ1) is 20.0. The minimum absolute atomic E-state index is 0.123. The SMILES string of the molecule is Cc1ccc(S(=O)(=O)NCCCC(O)C(=O)C2(O)CCCCC2)cc1. The van der Waals surface area contributed by atoms with Gasteiger partial charge < -0.3 is 10.2 Å². The van der Waals surface area contributed by atoms with Crippen LogP contribution in [0.15, 0.2) is 29.2 Å². The van der Waals surface area contributed by atoms with Crippen molar-refractivity contribution >= 4 is 15.8 Å². The van der Waals surface area contributed by atoms with Gasteiger partial charge in [-0.25, -0.2) is 13.1 Å². The van der Waals surface area contributed by atoms with E-state index in [0.29, 0.717) is 19.3 Å². The maximum absolute atomic E-state index is 12.2. The third kappa shape index (κ3) is 5.34. The first-order chi connectivity index (χ1) is 11.7. The van der Waals surface area contributed by atoms with Gasteiger partial charge >= 0.3 is 0 Å². The molecule has 7 heteroatoms. The molecule has 0 aromatic heterocycles. The summed E-state index contributed by atoms with van der Waals surface area (Å²) in [6.07, 6.45) is 2.52. The summed E-state index contributed by atoms with van der Waals surface area (Å²) in [5, 5.41) is 20.4. The Labute approximate surface area is 149 Å². The van der Waals surface area contributed by atoms with Crippen LogP contribution in [0.1, 0.15) is 50.5 Å². The molecule has 25 heavy (non-hydrogen) atoms. The molecule has 1 aliphatic carbocycles. The van der Waals surface area contributed by atoms with Crippen LogP contribution in [0.4, 0.5) is 0 Å². The van der Waals surface area contributed by atoms with Crippen molar-refractivity contribution < 1.29 is 23.4 Å². The standard InChI is InChI=1S/C18H27NO5S/c1-14-7-9-15(10-8-14)25(23,24)19-13-5-6-16(20)17(21)18(22)11-3-2-4-12-18/h7-10,16,19-20,22H,2-6,11-13H2,1H3. The Morgan fingerprint density at radius 3 is 2.40 bits per heavy atom. The highest BCUT2D eigenvalue weighted by Gasteiger charge is 2.39. The van der Waals surface area contributed by atoms with Crippen molar-refractivity contribution in [1.82, 2.24) is 4.72 Å². The molecule has 2 rings (SSSR count). The van der Waals surface area contributed by atoms with Crippen molar-refractivity contribution in [3.63, 3.8) is 0 Å². The van der Waals surface area contributed by atoms with Gasteiger partial charge in [-0.2, -0.15) is 0 Å². The summed E-state index contributed by atoms with van der Waals surface area (Å²) in [5.41, 5.74) is -0.444. The van der Waals surface area contributed by atoms with Crippen molar-refractivity contribution in [1.29, 1.82) is 0 Å². The van der Waals surface area contributed by atoms with Gasteiger partial charge in [0.1, 0.15) is 11.7 Å². The highest BCUT2D eigenvalue weighted by molar-refractivity contribution is 7.89. The van der Waals surface area contributed by atoms with Crippen LogP contribution in [-0.2, 0) is 14.8 Å². The zero-order chi connectivity index (χ0) is 18.5. The number of benzene rings is 1. The van der Waals surface area contributed by atoms with E-state index in [0.717, 1.165) is 24.8 Å². The van der Waals surface area contributed by atoms with E-state index in [9.17, 15) is 23.4 Å². The van der Waals surface area contributed by atoms with Crippen LogP contribution in [-0.4, -0.2) is 42.7 Å². The van der Waals surface area contributed by atoms with Crippen LogP contribution in [0.3, 0.4) is 0 Å². The fraction of sp³-hybridized carbons (Fsp3) is 0.611. The molecule has 0 amide bonds. The van der Waals surface area contributed by atoms with Crippen molar-refractivity contribution in [3.8, 4) is 0 Å². The van der Waals surface area contributed by atoms with Gasteiger partial charge in [0.05, 0.1) is 4.90 Å². The zero-order valence-corrected chi connectivity index (χ0v) is 15.4. The molecule has 0 aliphatic heterocycles. The van der Waals surface area contributed by atoms with Gasteiger partial charge in [-0.3, -0.25) is 4.79 Å². The Morgan fingerprint density at radius 1 is 1.20 bits per heavy atom. The van der Waals surface area contributed by atoms with E-state index >= 15 is 0 Å². The molecular weight excluding hydrogens is 342 g/mol. The Bertz CT molecular complexity index is 678. The minimum atomic E-state index is -3.59. The van der Waals surface area contributed by atoms with Crippen LogP contribution in [0.2, 0.25) is 0 Å². The number of hydrogen-bond acceptors (Lipinski definition) is 5. The fourth-order valence-electron chi connectivity index (χ4n) is 3.13. The predicted octanol–water partition coefficient (Wildman–Crippen LogP) is 1.68. The normalized spacial score (nSPS) is 18.7. The Morgan fingerprint density at radius 2 is 1.80 bits per heavy atom. The number of carbonyl (C=O) groups is 1. The molecule has 1 saturated carbocycles. The second-order valence-electron chi connectivity index (χ2n) is 6.83. The average Bonchev–Trinajstić information content (AvgIpc) is 2.59. The molecule has 6 nitrogen and oxygen atoms in total. The van der Waals surface area contributed by atoms with Gasteiger partial charge in [-0.05, 0) is 44.7 Å². The molecule has 1 fully saturated rings. The molecule has 3 N–H and O–H groups in total. The molecule has 0 saturated heterocycles. The summed E-state index contributed by atoms with van der Waals surface area (Å²) >= 11 is 0. The Hall–Kier alpha value is -1.28. The van der Waals surface area contributed by atoms with E-state index in [2.05, 4.69) is 4.72 Å². The number of aliphatic hydroxyl groups is 2. The number of aryl methyl sites for hydroxylation is 1. The molecule has 0 spiro atoms. The molecule has 1 atom stereocenters. The molecule has 1 aromatic carbocycles. The minimum Gasteiger partial charge on any atom is -0.385 e. The number of sulfonamides is 1. The lowest BCUT2D eigenvalue weighted by atomic mass is 9.79. The molecule has 0 bridgehead atoms. The largest absolute Gasteiger partial charge is 0.385 e. The number of nitrogens with one attached hydrogen (secondary N) is 1. The van der Waals surface area contributed by atoms with E-state index in [-0.39, 0.29) is 17.9 Å². The van der Waals surface area contributed by atoms with Crippen molar-refractivity contribution in [3.05, 3.63) is 29.8 Å². The van der Waals surface area contributed by atoms with E-state index in [1.807, 2.05) is 6.92 Å². The second-order valence-corrected chi connectivity index (χ2v) is 8.59. The molecule has 140 valence electrons. The summed E-state index contributed by atoms with van der Waals surface area (Å²) < 4.78 is 26.7. The van der Waals surface area contributed by atoms with E-state index in [1.54, 1.807) is 12.1 Å². The summed E-state index contributed by atoms with van der Waals surface area (Å²) in [4.78, 5) is 12.4. The highest BCUT2D eigenvalue weighted by Crippen LogP contribution is 2.30. The Kier molecular flexibility index (Phi) is 6.73. The maximum Gasteiger partial charge on any atom is 0.240 e. The van der Waals surface area contributed by atoms with Crippen LogP contribution in [0.5, 0.6) is 0 Å². The van der Waals surface area contributed by atoms with Gasteiger partial charge in [0.15, 0.2) is 5.78 Å². The highest BCUT2D eigenvalue weighted by atomic mass is 32.2. The first-order valence-electron chi connectivity index (χ1n) is 8.76. The van der Waals surface area contributed by atoms with Crippen LogP contribution < -0.4 is 4.72 Å². The van der Waals surface area contributed by atoms with Crippen LogP contribution in [0.25, 0.3) is 0 Å². The smallest absolute Gasteiger partial charge is 0.240 e. The molecule has 0 heterocycles. The monoisotopic (exact) mass is 369 g/mol. The number of Topliss-reactive ketones (excluding diaryl/α,β-unsaturated/α-hetero) is 1. The number of ketones is 1. The van der Waals surface area contributed by atoms with Crippen molar-refractivity contribution in [2.75, 3.05) is 6.54 Å². The maximum atomic E-state index is 12.2. The van der Waals surface area contributed by atoms with Gasteiger partial charge in [-0.15, -0.1) is 0 Å². The summed E-state index contributed by atoms with van der Waals surface area (Å²) in [6, 6.07) is 6.52. The summed E-state index contributed by atoms with van der Waals surface area (Å²) in [7, 11) is -3.59. The average molecular weight is 369 g/mol. The van der Waals surface area contributed by atoms with Crippen LogP contribution >= 0.6 is 0 Å². The van der Waals surface area contributed by atoms with Crippen LogP contribution in [0, 0.1) is 6.92 Å². The van der Waals surface area contributed by atoms with Crippen molar-refractivity contribution in [2.45, 2.75) is 68.5 Å². The van der Waals surface area contributed by atoms with Gasteiger partial charge in [0.25, 0.3) is 0 Å². The lowest BCUT2D eigenvalue weighted by Crippen LogP contribution is -2.46.